The number of hydrogen-bond donors (Lipinski definition) is 1. The minimum absolute atomic E-state index is 0.122. The van der Waals surface area contributed by atoms with Crippen LogP contribution in [0.25, 0.3) is 0 Å². The third kappa shape index (κ3) is 5.02. The van der Waals surface area contributed by atoms with E-state index < -0.39 is 10.0 Å². The molecule has 28 heavy (non-hydrogen) atoms. The number of amides is 1. The predicted molar refractivity (Wildman–Crippen MR) is 111 cm³/mol. The van der Waals surface area contributed by atoms with Crippen LogP contribution in [0.5, 0.6) is 5.75 Å². The molecule has 0 bridgehead atoms. The molecule has 0 aliphatic rings. The summed E-state index contributed by atoms with van der Waals surface area (Å²) in [6.45, 7) is 3.74. The van der Waals surface area contributed by atoms with Crippen LogP contribution >= 0.6 is 0 Å². The van der Waals surface area contributed by atoms with Crippen LogP contribution in [0.3, 0.4) is 0 Å². The molecule has 2 aromatic carbocycles. The fraction of sp³-hybridized carbons (Fsp3) is 0.350. The van der Waals surface area contributed by atoms with Gasteiger partial charge in [0.2, 0.25) is 15.9 Å². The van der Waals surface area contributed by atoms with Crippen molar-refractivity contribution in [3.05, 3.63) is 48.5 Å². The van der Waals surface area contributed by atoms with Gasteiger partial charge in [0.05, 0.1) is 24.2 Å². The van der Waals surface area contributed by atoms with Gasteiger partial charge < -0.3 is 15.0 Å². The lowest BCUT2D eigenvalue weighted by atomic mass is 10.2. The van der Waals surface area contributed by atoms with Gasteiger partial charge in [0, 0.05) is 25.8 Å². The number of carbonyl (C=O) groups is 1. The number of nitrogens with one attached hydrogen (secondary N) is 1. The largest absolute Gasteiger partial charge is 0.495 e. The molecule has 1 amide bonds. The molecular weight excluding hydrogens is 378 g/mol. The maximum atomic E-state index is 12.5. The van der Waals surface area contributed by atoms with E-state index in [2.05, 4.69) is 5.32 Å². The molecule has 152 valence electrons. The van der Waals surface area contributed by atoms with Crippen molar-refractivity contribution in [1.29, 1.82) is 0 Å². The molecule has 2 aromatic rings. The Kier molecular flexibility index (Phi) is 7.04. The molecule has 7 nitrogen and oxygen atoms in total. The van der Waals surface area contributed by atoms with E-state index >= 15 is 0 Å². The Labute approximate surface area is 167 Å². The summed E-state index contributed by atoms with van der Waals surface area (Å²) in [7, 11) is 1.38. The zero-order valence-corrected chi connectivity index (χ0v) is 17.7. The van der Waals surface area contributed by atoms with Crippen LogP contribution in [0.15, 0.2) is 53.4 Å². The number of anilines is 2. The van der Waals surface area contributed by atoms with E-state index in [0.717, 1.165) is 5.69 Å². The van der Waals surface area contributed by atoms with E-state index in [9.17, 15) is 13.2 Å². The summed E-state index contributed by atoms with van der Waals surface area (Å²) in [5, 5.41) is 2.78. The number of rotatable bonds is 8. The van der Waals surface area contributed by atoms with Gasteiger partial charge in [-0.25, -0.2) is 8.42 Å². The van der Waals surface area contributed by atoms with Crippen LogP contribution in [-0.2, 0) is 14.8 Å². The zero-order chi connectivity index (χ0) is 20.9. The zero-order valence-electron chi connectivity index (χ0n) is 16.8. The first-order valence-electron chi connectivity index (χ1n) is 8.89. The number of ether oxygens (including phenoxy) is 1. The van der Waals surface area contributed by atoms with Crippen LogP contribution in [-0.4, -0.2) is 52.4 Å². The number of likely N-dealkylation sites (N-methyl/N-ethyl adjacent to an activating group) is 1. The van der Waals surface area contributed by atoms with Gasteiger partial charge in [-0.15, -0.1) is 0 Å². The van der Waals surface area contributed by atoms with Crippen molar-refractivity contribution in [2.24, 2.45) is 0 Å². The molecule has 0 atom stereocenters. The van der Waals surface area contributed by atoms with Gasteiger partial charge in [-0.3, -0.25) is 4.79 Å². The monoisotopic (exact) mass is 405 g/mol. The minimum Gasteiger partial charge on any atom is -0.495 e. The Balaban J connectivity index is 2.05. The average molecular weight is 406 g/mol. The molecule has 0 fully saturated rings. The van der Waals surface area contributed by atoms with E-state index in [1.807, 2.05) is 38.1 Å². The number of sulfonamides is 1. The molecule has 0 unspecified atom stereocenters. The Morgan fingerprint density at radius 1 is 1.07 bits per heavy atom. The van der Waals surface area contributed by atoms with Gasteiger partial charge in [0.1, 0.15) is 5.75 Å². The summed E-state index contributed by atoms with van der Waals surface area (Å²) in [6, 6.07) is 13.5. The van der Waals surface area contributed by atoms with Crippen LogP contribution in [0.2, 0.25) is 0 Å². The van der Waals surface area contributed by atoms with Crippen molar-refractivity contribution in [1.82, 2.24) is 4.31 Å². The Bertz CT molecular complexity index is 911. The molecule has 8 heteroatoms. The van der Waals surface area contributed by atoms with Gasteiger partial charge in [-0.1, -0.05) is 12.1 Å². The fourth-order valence-electron chi connectivity index (χ4n) is 2.60. The van der Waals surface area contributed by atoms with Crippen molar-refractivity contribution in [2.75, 3.05) is 38.0 Å². The van der Waals surface area contributed by atoms with Gasteiger partial charge in [0.25, 0.3) is 0 Å². The second-order valence-corrected chi connectivity index (χ2v) is 8.71. The van der Waals surface area contributed by atoms with Crippen LogP contribution in [0.4, 0.5) is 11.4 Å². The van der Waals surface area contributed by atoms with Crippen LogP contribution < -0.4 is 15.0 Å². The number of methoxy groups -OCH3 is 1. The first-order valence-corrected chi connectivity index (χ1v) is 10.3. The lowest BCUT2D eigenvalue weighted by Gasteiger charge is -2.22. The lowest BCUT2D eigenvalue weighted by molar-refractivity contribution is -0.114. The van der Waals surface area contributed by atoms with E-state index in [0.29, 0.717) is 11.4 Å². The minimum atomic E-state index is -3.55. The average Bonchev–Trinajstić information content (AvgIpc) is 2.67. The summed E-state index contributed by atoms with van der Waals surface area (Å²) >= 11 is 0. The molecule has 0 aliphatic heterocycles. The second kappa shape index (κ2) is 9.07. The molecule has 0 saturated carbocycles. The molecule has 0 aliphatic carbocycles. The summed E-state index contributed by atoms with van der Waals surface area (Å²) in [4.78, 5) is 14.3. The maximum absolute atomic E-state index is 12.5. The van der Waals surface area contributed by atoms with Gasteiger partial charge in [-0.05, 0) is 50.2 Å². The molecule has 0 radical (unpaired) electrons. The summed E-state index contributed by atoms with van der Waals surface area (Å²) in [6.07, 6.45) is 0. The first-order chi connectivity index (χ1) is 13.2. The molecule has 2 rings (SSSR count). The van der Waals surface area contributed by atoms with E-state index in [-0.39, 0.29) is 23.4 Å². The Morgan fingerprint density at radius 2 is 1.68 bits per heavy atom. The summed E-state index contributed by atoms with van der Waals surface area (Å²) in [5.41, 5.74) is 1.34. The van der Waals surface area contributed by atoms with Gasteiger partial charge in [-0.2, -0.15) is 4.31 Å². The van der Waals surface area contributed by atoms with Crippen molar-refractivity contribution in [3.63, 3.8) is 0 Å². The summed E-state index contributed by atoms with van der Waals surface area (Å²) < 4.78 is 31.6. The highest BCUT2D eigenvalue weighted by Gasteiger charge is 2.22. The quantitative estimate of drug-likeness (QED) is 0.731. The normalized spacial score (nSPS) is 11.5. The Hall–Kier alpha value is -2.58. The highest BCUT2D eigenvalue weighted by molar-refractivity contribution is 7.89. The maximum Gasteiger partial charge on any atom is 0.243 e. The van der Waals surface area contributed by atoms with Crippen molar-refractivity contribution in [3.8, 4) is 5.75 Å². The van der Waals surface area contributed by atoms with Crippen LogP contribution in [0, 0.1) is 0 Å². The number of hydrogen-bond acceptors (Lipinski definition) is 5. The fourth-order valence-corrected chi connectivity index (χ4v) is 3.97. The number of carbonyl (C=O) groups excluding carboxylic acids is 1. The van der Waals surface area contributed by atoms with Crippen molar-refractivity contribution < 1.29 is 17.9 Å². The first kappa shape index (κ1) is 21.7. The third-order valence-corrected chi connectivity index (χ3v) is 6.47. The molecule has 0 saturated heterocycles. The number of nitrogens with zero attached hydrogens (tertiary/aromatic N) is 2. The van der Waals surface area contributed by atoms with Gasteiger partial charge in [0.15, 0.2) is 0 Å². The van der Waals surface area contributed by atoms with Gasteiger partial charge >= 0.3 is 0 Å². The SMILES string of the molecule is COc1ccccc1N(C)CC(=O)Nc1ccc(S(=O)(=O)N(C)C(C)C)cc1. The van der Waals surface area contributed by atoms with Crippen molar-refractivity contribution >= 4 is 27.3 Å². The van der Waals surface area contributed by atoms with Crippen LogP contribution in [0.1, 0.15) is 13.8 Å². The smallest absolute Gasteiger partial charge is 0.243 e. The molecule has 0 spiro atoms. The van der Waals surface area contributed by atoms with E-state index in [1.165, 1.54) is 16.4 Å². The molecule has 0 heterocycles. The summed E-state index contributed by atoms with van der Waals surface area (Å²) in [5.74, 6) is 0.463. The topological polar surface area (TPSA) is 79.0 Å². The highest BCUT2D eigenvalue weighted by atomic mass is 32.2. The van der Waals surface area contributed by atoms with E-state index in [1.54, 1.807) is 38.2 Å². The lowest BCUT2D eigenvalue weighted by Crippen LogP contribution is -2.33. The number of benzene rings is 2. The van der Waals surface area contributed by atoms with E-state index in [4.69, 9.17) is 4.74 Å². The number of para-hydroxylation sites is 2. The Morgan fingerprint density at radius 3 is 2.25 bits per heavy atom. The third-order valence-electron chi connectivity index (χ3n) is 4.42. The van der Waals surface area contributed by atoms with Crippen molar-refractivity contribution in [2.45, 2.75) is 24.8 Å². The molecular formula is C20H27N3O4S. The predicted octanol–water partition coefficient (Wildman–Crippen LogP) is 2.80. The second-order valence-electron chi connectivity index (χ2n) is 6.72. The standard InChI is InChI=1S/C20H27N3O4S/c1-15(2)23(4)28(25,26)17-12-10-16(11-13-17)21-20(24)14-22(3)18-8-6-7-9-19(18)27-5/h6-13,15H,14H2,1-5H3,(H,21,24). The highest BCUT2D eigenvalue weighted by Crippen LogP contribution is 2.26. The molecule has 1 N–H and O–H groups in total. The molecule has 0 aromatic heterocycles.